The van der Waals surface area contributed by atoms with Crippen molar-refractivity contribution >= 4 is 28.2 Å². The summed E-state index contributed by atoms with van der Waals surface area (Å²) in [7, 11) is 0. The van der Waals surface area contributed by atoms with E-state index in [0.717, 1.165) is 6.07 Å². The Kier molecular flexibility index (Phi) is 3.99. The molecular weight excluding hydrogens is 434 g/mol. The number of benzene rings is 2. The number of halogens is 5. The zero-order valence-electron chi connectivity index (χ0n) is 16.6. The third kappa shape index (κ3) is 2.76. The lowest BCUT2D eigenvalue weighted by atomic mass is 9.91. The standard InChI is InChI=1S/C21H16ClF4N5/c1-9-29-30-19-20(2,3)28-14-8-13(23)15(16(21(24,25)26)18(14)31(9)19)10-4-5-12(22)17-11(10)6-7-27-17/h4-8,27-28H,1-3H3. The molecule has 0 unspecified atom stereocenters. The van der Waals surface area contributed by atoms with Gasteiger partial charge in [0.1, 0.15) is 11.6 Å². The predicted molar refractivity (Wildman–Crippen MR) is 110 cm³/mol. The minimum atomic E-state index is -4.86. The minimum Gasteiger partial charge on any atom is -0.371 e. The zero-order valence-corrected chi connectivity index (χ0v) is 17.4. The van der Waals surface area contributed by atoms with Crippen LogP contribution in [-0.2, 0) is 11.7 Å². The molecule has 4 aromatic rings. The molecule has 31 heavy (non-hydrogen) atoms. The second-order valence-corrected chi connectivity index (χ2v) is 8.43. The molecule has 2 aromatic carbocycles. The lowest BCUT2D eigenvalue weighted by molar-refractivity contribution is -0.137. The molecule has 0 atom stereocenters. The summed E-state index contributed by atoms with van der Waals surface area (Å²) in [5, 5.41) is 11.8. The Morgan fingerprint density at radius 2 is 1.87 bits per heavy atom. The van der Waals surface area contributed by atoms with Gasteiger partial charge >= 0.3 is 6.18 Å². The average molecular weight is 450 g/mol. The van der Waals surface area contributed by atoms with Crippen LogP contribution in [0.4, 0.5) is 23.2 Å². The fourth-order valence-electron chi connectivity index (χ4n) is 4.27. The van der Waals surface area contributed by atoms with E-state index in [2.05, 4.69) is 20.5 Å². The number of aromatic nitrogens is 4. The Labute approximate surface area is 179 Å². The summed E-state index contributed by atoms with van der Waals surface area (Å²) in [4.78, 5) is 2.90. The van der Waals surface area contributed by atoms with Gasteiger partial charge in [0, 0.05) is 17.1 Å². The maximum absolute atomic E-state index is 15.4. The highest BCUT2D eigenvalue weighted by atomic mass is 35.5. The lowest BCUT2D eigenvalue weighted by Crippen LogP contribution is -2.37. The molecule has 0 saturated heterocycles. The van der Waals surface area contributed by atoms with Gasteiger partial charge in [-0.25, -0.2) is 4.39 Å². The van der Waals surface area contributed by atoms with Gasteiger partial charge < -0.3 is 10.3 Å². The molecule has 3 heterocycles. The third-order valence-corrected chi connectivity index (χ3v) is 5.85. The summed E-state index contributed by atoms with van der Waals surface area (Å²) in [5.74, 6) is -0.409. The molecule has 0 aliphatic carbocycles. The van der Waals surface area contributed by atoms with Crippen LogP contribution >= 0.6 is 11.6 Å². The van der Waals surface area contributed by atoms with Crippen molar-refractivity contribution in [2.75, 3.05) is 5.32 Å². The van der Waals surface area contributed by atoms with Crippen LogP contribution in [0.1, 0.15) is 31.1 Å². The van der Waals surface area contributed by atoms with Crippen molar-refractivity contribution in [3.05, 3.63) is 58.5 Å². The van der Waals surface area contributed by atoms with E-state index in [4.69, 9.17) is 11.6 Å². The molecule has 0 spiro atoms. The van der Waals surface area contributed by atoms with E-state index in [1.54, 1.807) is 33.0 Å². The maximum Gasteiger partial charge on any atom is 0.419 e. The molecule has 2 N–H and O–H groups in total. The first-order chi connectivity index (χ1) is 14.5. The Morgan fingerprint density at radius 1 is 1.13 bits per heavy atom. The van der Waals surface area contributed by atoms with Crippen molar-refractivity contribution in [3.8, 4) is 16.8 Å². The number of aromatic amines is 1. The van der Waals surface area contributed by atoms with Gasteiger partial charge in [-0.05, 0) is 44.5 Å². The lowest BCUT2D eigenvalue weighted by Gasteiger charge is -2.36. The van der Waals surface area contributed by atoms with Crippen molar-refractivity contribution in [1.29, 1.82) is 0 Å². The van der Waals surface area contributed by atoms with E-state index in [1.807, 2.05) is 0 Å². The van der Waals surface area contributed by atoms with Gasteiger partial charge in [-0.1, -0.05) is 17.7 Å². The number of nitrogens with zero attached hydrogens (tertiary/aromatic N) is 3. The number of aryl methyl sites for hydroxylation is 1. The average Bonchev–Trinajstić information content (AvgIpc) is 3.29. The SMILES string of the molecule is Cc1nnc2n1-c1c(cc(F)c(-c3ccc(Cl)c4[nH]ccc34)c1C(F)(F)F)NC2(C)C. The Hall–Kier alpha value is -3.07. The molecule has 0 amide bonds. The predicted octanol–water partition coefficient (Wildman–Crippen LogP) is 6.20. The van der Waals surface area contributed by atoms with Crippen molar-refractivity contribution in [1.82, 2.24) is 19.7 Å². The second kappa shape index (κ2) is 6.23. The third-order valence-electron chi connectivity index (χ3n) is 5.53. The molecule has 0 saturated carbocycles. The van der Waals surface area contributed by atoms with Crippen LogP contribution in [0.15, 0.2) is 30.5 Å². The Morgan fingerprint density at radius 3 is 2.58 bits per heavy atom. The molecule has 1 aliphatic rings. The van der Waals surface area contributed by atoms with Gasteiger partial charge in [0.05, 0.1) is 33.0 Å². The molecule has 1 aliphatic heterocycles. The van der Waals surface area contributed by atoms with E-state index < -0.39 is 28.7 Å². The van der Waals surface area contributed by atoms with E-state index >= 15 is 4.39 Å². The number of alkyl halides is 3. The van der Waals surface area contributed by atoms with Gasteiger partial charge in [-0.2, -0.15) is 13.2 Å². The molecular formula is C21H16ClF4N5. The van der Waals surface area contributed by atoms with Crippen LogP contribution in [0.3, 0.4) is 0 Å². The molecule has 0 radical (unpaired) electrons. The maximum atomic E-state index is 15.4. The molecule has 5 rings (SSSR count). The Bertz CT molecular complexity index is 1370. The number of nitrogens with one attached hydrogen (secondary N) is 2. The normalized spacial score (nSPS) is 15.0. The smallest absolute Gasteiger partial charge is 0.371 e. The topological polar surface area (TPSA) is 58.5 Å². The summed E-state index contributed by atoms with van der Waals surface area (Å²) in [6.45, 7) is 5.06. The number of rotatable bonds is 1. The van der Waals surface area contributed by atoms with E-state index in [0.29, 0.717) is 21.7 Å². The molecule has 160 valence electrons. The van der Waals surface area contributed by atoms with Crippen LogP contribution in [0, 0.1) is 12.7 Å². The second-order valence-electron chi connectivity index (χ2n) is 8.02. The van der Waals surface area contributed by atoms with Crippen molar-refractivity contribution < 1.29 is 17.6 Å². The van der Waals surface area contributed by atoms with Crippen LogP contribution < -0.4 is 5.32 Å². The first-order valence-electron chi connectivity index (χ1n) is 9.41. The molecule has 0 bridgehead atoms. The van der Waals surface area contributed by atoms with Crippen LogP contribution in [-0.4, -0.2) is 19.7 Å². The summed E-state index contributed by atoms with van der Waals surface area (Å²) >= 11 is 6.17. The number of H-pyrrole nitrogens is 1. The number of hydrogen-bond donors (Lipinski definition) is 2. The summed E-state index contributed by atoms with van der Waals surface area (Å²) < 4.78 is 60.4. The monoisotopic (exact) mass is 449 g/mol. The van der Waals surface area contributed by atoms with Gasteiger partial charge in [-0.3, -0.25) is 4.57 Å². The first kappa shape index (κ1) is 19.9. The summed E-state index contributed by atoms with van der Waals surface area (Å²) in [5.41, 5.74) is -2.17. The molecule has 10 heteroatoms. The van der Waals surface area contributed by atoms with E-state index in [9.17, 15) is 13.2 Å². The van der Waals surface area contributed by atoms with Gasteiger partial charge in [-0.15, -0.1) is 10.2 Å². The van der Waals surface area contributed by atoms with Gasteiger partial charge in [0.25, 0.3) is 0 Å². The largest absolute Gasteiger partial charge is 0.419 e. The van der Waals surface area contributed by atoms with E-state index in [1.165, 1.54) is 16.7 Å². The molecule has 5 nitrogen and oxygen atoms in total. The van der Waals surface area contributed by atoms with Gasteiger partial charge in [0.15, 0.2) is 5.82 Å². The first-order valence-corrected chi connectivity index (χ1v) is 9.79. The Balaban J connectivity index is 1.95. The van der Waals surface area contributed by atoms with Crippen LogP contribution in [0.25, 0.3) is 27.7 Å². The molecule has 0 fully saturated rings. The number of anilines is 1. The fraction of sp³-hybridized carbons (Fsp3) is 0.238. The van der Waals surface area contributed by atoms with Gasteiger partial charge in [0.2, 0.25) is 0 Å². The molecule has 2 aromatic heterocycles. The van der Waals surface area contributed by atoms with Crippen molar-refractivity contribution in [2.24, 2.45) is 0 Å². The number of fused-ring (bicyclic) bond motifs is 4. The van der Waals surface area contributed by atoms with Crippen LogP contribution in [0.5, 0.6) is 0 Å². The summed E-state index contributed by atoms with van der Waals surface area (Å²) in [6.07, 6.45) is -3.31. The number of hydrogen-bond acceptors (Lipinski definition) is 3. The quantitative estimate of drug-likeness (QED) is 0.340. The highest BCUT2D eigenvalue weighted by molar-refractivity contribution is 6.35. The highest BCUT2D eigenvalue weighted by Gasteiger charge is 2.45. The van der Waals surface area contributed by atoms with E-state index in [-0.39, 0.29) is 22.8 Å². The minimum absolute atomic E-state index is 0.0215. The van der Waals surface area contributed by atoms with Crippen molar-refractivity contribution in [2.45, 2.75) is 32.5 Å². The summed E-state index contributed by atoms with van der Waals surface area (Å²) in [6, 6.07) is 5.52. The highest BCUT2D eigenvalue weighted by Crippen LogP contribution is 2.50. The van der Waals surface area contributed by atoms with Crippen LogP contribution in [0.2, 0.25) is 5.02 Å². The van der Waals surface area contributed by atoms with Crippen molar-refractivity contribution in [3.63, 3.8) is 0 Å². The zero-order chi connectivity index (χ0) is 22.3. The fourth-order valence-corrected chi connectivity index (χ4v) is 4.49.